The van der Waals surface area contributed by atoms with Crippen molar-refractivity contribution in [2.75, 3.05) is 30.8 Å². The molecule has 1 fully saturated rings. The van der Waals surface area contributed by atoms with Crippen LogP contribution >= 0.6 is 11.6 Å². The number of aromatic nitrogens is 1. The van der Waals surface area contributed by atoms with Gasteiger partial charge in [-0.25, -0.2) is 4.98 Å². The highest BCUT2D eigenvalue weighted by molar-refractivity contribution is 6.33. The molecule has 2 aromatic rings. The van der Waals surface area contributed by atoms with Gasteiger partial charge in [-0.05, 0) is 30.2 Å². The van der Waals surface area contributed by atoms with E-state index in [4.69, 9.17) is 22.1 Å². The molecule has 1 atom stereocenters. The number of pyridine rings is 1. The van der Waals surface area contributed by atoms with Gasteiger partial charge in [-0.3, -0.25) is 0 Å². The zero-order valence-electron chi connectivity index (χ0n) is 11.9. The number of benzene rings is 1. The van der Waals surface area contributed by atoms with E-state index in [1.54, 1.807) is 13.3 Å². The number of hydrogen-bond donors (Lipinski definition) is 1. The molecule has 0 spiro atoms. The Morgan fingerprint density at radius 3 is 2.67 bits per heavy atom. The van der Waals surface area contributed by atoms with Crippen LogP contribution in [0.15, 0.2) is 36.5 Å². The van der Waals surface area contributed by atoms with E-state index in [9.17, 15) is 0 Å². The number of anilines is 2. The van der Waals surface area contributed by atoms with Crippen LogP contribution in [0.5, 0.6) is 0 Å². The first-order valence-electron chi connectivity index (χ1n) is 6.96. The molecule has 0 radical (unpaired) electrons. The van der Waals surface area contributed by atoms with Crippen molar-refractivity contribution in [2.45, 2.75) is 12.5 Å². The maximum atomic E-state index is 6.02. The second-order valence-corrected chi connectivity index (χ2v) is 5.64. The fourth-order valence-electron chi connectivity index (χ4n) is 2.63. The molecule has 1 aromatic heterocycles. The summed E-state index contributed by atoms with van der Waals surface area (Å²) in [5.41, 5.74) is 8.90. The molecule has 3 rings (SSSR count). The smallest absolute Gasteiger partial charge is 0.142 e. The minimum Gasteiger partial charge on any atom is -0.382 e. The molecule has 1 aliphatic rings. The summed E-state index contributed by atoms with van der Waals surface area (Å²) in [5.74, 6) is 0.361. The molecule has 21 heavy (non-hydrogen) atoms. The normalized spacial score (nSPS) is 18.2. The molecule has 1 aromatic carbocycles. The molecule has 0 aliphatic carbocycles. The SMILES string of the molecule is CO[C@H]1CCN(c2ccc(-c3cnc(N)c(Cl)c3)cc2)C1. The molecule has 2 heterocycles. The van der Waals surface area contributed by atoms with Crippen LogP contribution in [0.4, 0.5) is 11.5 Å². The summed E-state index contributed by atoms with van der Waals surface area (Å²) >= 11 is 6.02. The summed E-state index contributed by atoms with van der Waals surface area (Å²) in [5, 5.41) is 0.485. The standard InChI is InChI=1S/C16H18ClN3O/c1-21-14-6-7-20(10-14)13-4-2-11(3-5-13)12-8-15(17)16(18)19-9-12/h2-5,8-9,14H,6-7,10H2,1H3,(H2,18,19)/t14-/m0/s1. The van der Waals surface area contributed by atoms with Crippen molar-refractivity contribution in [2.24, 2.45) is 0 Å². The van der Waals surface area contributed by atoms with E-state index in [1.807, 2.05) is 6.07 Å². The van der Waals surface area contributed by atoms with Crippen molar-refractivity contribution in [3.8, 4) is 11.1 Å². The average Bonchev–Trinajstić information content (AvgIpc) is 2.99. The highest BCUT2D eigenvalue weighted by Gasteiger charge is 2.22. The van der Waals surface area contributed by atoms with E-state index in [1.165, 1.54) is 5.69 Å². The third kappa shape index (κ3) is 2.96. The Morgan fingerprint density at radius 1 is 1.29 bits per heavy atom. The molecule has 4 nitrogen and oxygen atoms in total. The van der Waals surface area contributed by atoms with E-state index in [2.05, 4.69) is 34.1 Å². The van der Waals surface area contributed by atoms with Gasteiger partial charge in [-0.1, -0.05) is 23.7 Å². The van der Waals surface area contributed by atoms with E-state index in [-0.39, 0.29) is 0 Å². The molecule has 0 unspecified atom stereocenters. The zero-order valence-corrected chi connectivity index (χ0v) is 12.7. The Bertz CT molecular complexity index is 630. The quantitative estimate of drug-likeness (QED) is 0.946. The third-order valence-electron chi connectivity index (χ3n) is 3.91. The van der Waals surface area contributed by atoms with Crippen LogP contribution in [0.3, 0.4) is 0 Å². The van der Waals surface area contributed by atoms with E-state index in [0.29, 0.717) is 16.9 Å². The Hall–Kier alpha value is -1.78. The number of methoxy groups -OCH3 is 1. The van der Waals surface area contributed by atoms with Crippen LogP contribution in [-0.2, 0) is 4.74 Å². The molecule has 110 valence electrons. The van der Waals surface area contributed by atoms with Gasteiger partial charge < -0.3 is 15.4 Å². The fraction of sp³-hybridized carbons (Fsp3) is 0.312. The summed E-state index contributed by atoms with van der Waals surface area (Å²) in [4.78, 5) is 6.43. The van der Waals surface area contributed by atoms with Crippen LogP contribution in [-0.4, -0.2) is 31.3 Å². The predicted octanol–water partition coefficient (Wildman–Crippen LogP) is 3.21. The van der Waals surface area contributed by atoms with Crippen molar-refractivity contribution in [3.05, 3.63) is 41.6 Å². The topological polar surface area (TPSA) is 51.4 Å². The van der Waals surface area contributed by atoms with E-state index < -0.39 is 0 Å². The van der Waals surface area contributed by atoms with Crippen molar-refractivity contribution in [3.63, 3.8) is 0 Å². The highest BCUT2D eigenvalue weighted by Crippen LogP contribution is 2.28. The highest BCUT2D eigenvalue weighted by atomic mass is 35.5. The molecular formula is C16H18ClN3O. The molecule has 5 heteroatoms. The van der Waals surface area contributed by atoms with Crippen LogP contribution in [0.25, 0.3) is 11.1 Å². The number of hydrogen-bond acceptors (Lipinski definition) is 4. The Morgan fingerprint density at radius 2 is 2.05 bits per heavy atom. The monoisotopic (exact) mass is 303 g/mol. The summed E-state index contributed by atoms with van der Waals surface area (Å²) in [6.07, 6.45) is 3.16. The van der Waals surface area contributed by atoms with Crippen molar-refractivity contribution >= 4 is 23.1 Å². The summed E-state index contributed by atoms with van der Waals surface area (Å²) in [6, 6.07) is 10.3. The van der Waals surface area contributed by atoms with Crippen LogP contribution in [0.2, 0.25) is 5.02 Å². The van der Waals surface area contributed by atoms with Gasteiger partial charge in [0, 0.05) is 37.6 Å². The minimum atomic E-state index is 0.338. The largest absolute Gasteiger partial charge is 0.382 e. The van der Waals surface area contributed by atoms with Gasteiger partial charge in [-0.15, -0.1) is 0 Å². The number of rotatable bonds is 3. The number of nitrogens with two attached hydrogens (primary N) is 1. The lowest BCUT2D eigenvalue weighted by molar-refractivity contribution is 0.121. The molecule has 1 aliphatic heterocycles. The van der Waals surface area contributed by atoms with Crippen molar-refractivity contribution in [1.29, 1.82) is 0 Å². The lowest BCUT2D eigenvalue weighted by Gasteiger charge is -2.18. The average molecular weight is 304 g/mol. The molecule has 0 amide bonds. The number of nitrogen functional groups attached to an aromatic ring is 1. The maximum absolute atomic E-state index is 6.02. The van der Waals surface area contributed by atoms with Gasteiger partial charge in [0.15, 0.2) is 0 Å². The van der Waals surface area contributed by atoms with Crippen molar-refractivity contribution < 1.29 is 4.74 Å². The summed E-state index contributed by atoms with van der Waals surface area (Å²) in [6.45, 7) is 1.98. The van der Waals surface area contributed by atoms with Crippen molar-refractivity contribution in [1.82, 2.24) is 4.98 Å². The summed E-state index contributed by atoms with van der Waals surface area (Å²) in [7, 11) is 1.77. The Balaban J connectivity index is 1.79. The number of nitrogens with zero attached hydrogens (tertiary/aromatic N) is 2. The Kier molecular flexibility index (Phi) is 3.99. The number of ether oxygens (including phenoxy) is 1. The first-order valence-corrected chi connectivity index (χ1v) is 7.34. The molecule has 0 saturated carbocycles. The van der Waals surface area contributed by atoms with Gasteiger partial charge in [0.25, 0.3) is 0 Å². The van der Waals surface area contributed by atoms with Crippen LogP contribution < -0.4 is 10.6 Å². The zero-order chi connectivity index (χ0) is 14.8. The lowest BCUT2D eigenvalue weighted by atomic mass is 10.1. The fourth-order valence-corrected chi connectivity index (χ4v) is 2.79. The second-order valence-electron chi connectivity index (χ2n) is 5.23. The predicted molar refractivity (Wildman–Crippen MR) is 86.7 cm³/mol. The van der Waals surface area contributed by atoms with E-state index >= 15 is 0 Å². The molecule has 1 saturated heterocycles. The molecular weight excluding hydrogens is 286 g/mol. The van der Waals surface area contributed by atoms with Gasteiger partial charge in [0.1, 0.15) is 5.82 Å². The van der Waals surface area contributed by atoms with Crippen LogP contribution in [0, 0.1) is 0 Å². The van der Waals surface area contributed by atoms with Gasteiger partial charge in [0.05, 0.1) is 11.1 Å². The third-order valence-corrected chi connectivity index (χ3v) is 4.22. The van der Waals surface area contributed by atoms with Gasteiger partial charge >= 0.3 is 0 Å². The van der Waals surface area contributed by atoms with Crippen LogP contribution in [0.1, 0.15) is 6.42 Å². The first-order chi connectivity index (χ1) is 10.2. The maximum Gasteiger partial charge on any atom is 0.142 e. The lowest BCUT2D eigenvalue weighted by Crippen LogP contribution is -2.21. The second kappa shape index (κ2) is 5.92. The Labute approximate surface area is 129 Å². The minimum absolute atomic E-state index is 0.338. The summed E-state index contributed by atoms with van der Waals surface area (Å²) < 4.78 is 5.40. The van der Waals surface area contributed by atoms with Gasteiger partial charge in [-0.2, -0.15) is 0 Å². The van der Waals surface area contributed by atoms with Gasteiger partial charge in [0.2, 0.25) is 0 Å². The first kappa shape index (κ1) is 14.2. The molecule has 0 bridgehead atoms. The van der Waals surface area contributed by atoms with E-state index in [0.717, 1.165) is 30.6 Å². The number of halogens is 1. The molecule has 2 N–H and O–H groups in total.